The van der Waals surface area contributed by atoms with Gasteiger partial charge in [0.2, 0.25) is 5.91 Å². The zero-order valence-corrected chi connectivity index (χ0v) is 29.6. The summed E-state index contributed by atoms with van der Waals surface area (Å²) >= 11 is 6.59. The minimum Gasteiger partial charge on any atom is -0.481 e. The summed E-state index contributed by atoms with van der Waals surface area (Å²) in [4.78, 5) is 45.5. The molecule has 4 aliphatic rings. The lowest BCUT2D eigenvalue weighted by Gasteiger charge is -2.40. The summed E-state index contributed by atoms with van der Waals surface area (Å²) in [6.45, 7) is 7.18. The van der Waals surface area contributed by atoms with E-state index < -0.39 is 17.7 Å². The molecule has 7 rings (SSSR count). The molecule has 0 bridgehead atoms. The second-order valence-corrected chi connectivity index (χ2v) is 15.4. The number of amides is 2. The number of rotatable bonds is 10. The van der Waals surface area contributed by atoms with Crippen molar-refractivity contribution in [2.75, 3.05) is 44.6 Å². The first-order valence-electron chi connectivity index (χ1n) is 18.0. The first-order chi connectivity index (χ1) is 24.0. The second kappa shape index (κ2) is 14.3. The Bertz CT molecular complexity index is 1760. The molecule has 0 radical (unpaired) electrons. The van der Waals surface area contributed by atoms with Gasteiger partial charge >= 0.3 is 5.97 Å². The molecule has 4 fully saturated rings. The van der Waals surface area contributed by atoms with E-state index in [1.54, 1.807) is 6.20 Å². The summed E-state index contributed by atoms with van der Waals surface area (Å²) < 4.78 is 23.8. The van der Waals surface area contributed by atoms with Crippen molar-refractivity contribution in [3.63, 3.8) is 0 Å². The van der Waals surface area contributed by atoms with Gasteiger partial charge in [0, 0.05) is 68.5 Å². The Morgan fingerprint density at radius 3 is 2.48 bits per heavy atom. The van der Waals surface area contributed by atoms with E-state index in [-0.39, 0.29) is 52.7 Å². The van der Waals surface area contributed by atoms with Crippen LogP contribution in [0.3, 0.4) is 0 Å². The first-order valence-corrected chi connectivity index (χ1v) is 18.3. The lowest BCUT2D eigenvalue weighted by molar-refractivity contribution is -0.144. The van der Waals surface area contributed by atoms with Crippen LogP contribution in [0.4, 0.5) is 10.1 Å². The highest BCUT2D eigenvalue weighted by atomic mass is 35.5. The number of carboxylic acid groups (broad SMARTS) is 1. The number of para-hydroxylation sites is 1. The average Bonchev–Trinajstić information content (AvgIpc) is 3.57. The Morgan fingerprint density at radius 1 is 1.06 bits per heavy atom. The van der Waals surface area contributed by atoms with Crippen molar-refractivity contribution < 1.29 is 28.6 Å². The fraction of sp³-hybridized carbons (Fsp3) is 0.553. The summed E-state index contributed by atoms with van der Waals surface area (Å²) in [7, 11) is 1.86. The molecule has 50 heavy (non-hydrogen) atoms. The molecule has 2 atom stereocenters. The molecule has 3 heterocycles. The number of nitrogens with zero attached hydrogens (tertiary/aromatic N) is 4. The molecular formula is C38H47ClFN5O5. The number of fused-ring (bicyclic) bond motifs is 1. The Morgan fingerprint density at radius 2 is 1.78 bits per heavy atom. The number of nitrogens with one attached hydrogen (secondary N) is 1. The lowest BCUT2D eigenvalue weighted by atomic mass is 9.87. The maximum absolute atomic E-state index is 15.6. The Balaban J connectivity index is 1.02. The van der Waals surface area contributed by atoms with Gasteiger partial charge in [-0.25, -0.2) is 4.39 Å². The molecule has 2 N–H and O–H groups in total. The van der Waals surface area contributed by atoms with Crippen LogP contribution < -0.4 is 5.32 Å². The van der Waals surface area contributed by atoms with Crippen LogP contribution >= 0.6 is 11.6 Å². The van der Waals surface area contributed by atoms with E-state index in [1.807, 2.05) is 40.8 Å². The van der Waals surface area contributed by atoms with Crippen LogP contribution in [0.2, 0.25) is 5.02 Å². The van der Waals surface area contributed by atoms with Crippen molar-refractivity contribution in [1.82, 2.24) is 19.3 Å². The minimum atomic E-state index is -0.748. The van der Waals surface area contributed by atoms with Crippen LogP contribution in [-0.4, -0.2) is 105 Å². The summed E-state index contributed by atoms with van der Waals surface area (Å²) in [5.41, 5.74) is 2.01. The largest absolute Gasteiger partial charge is 0.481 e. The number of likely N-dealkylation sites (tertiary alicyclic amines) is 1. The first kappa shape index (κ1) is 34.9. The van der Waals surface area contributed by atoms with Crippen molar-refractivity contribution in [3.05, 3.63) is 64.6 Å². The molecule has 0 unspecified atom stereocenters. The van der Waals surface area contributed by atoms with Crippen molar-refractivity contribution in [2.45, 2.75) is 82.0 Å². The predicted molar refractivity (Wildman–Crippen MR) is 190 cm³/mol. The van der Waals surface area contributed by atoms with Gasteiger partial charge in [0.05, 0.1) is 47.4 Å². The number of ether oxygens (including phenoxy) is 1. The molecule has 10 nitrogen and oxygen atoms in total. The van der Waals surface area contributed by atoms with Crippen LogP contribution in [-0.2, 0) is 27.8 Å². The molecule has 268 valence electrons. The van der Waals surface area contributed by atoms with Crippen molar-refractivity contribution in [2.24, 2.45) is 13.0 Å². The number of carbonyl (C=O) groups excluding carboxylic acids is 2. The normalized spacial score (nSPS) is 25.6. The van der Waals surface area contributed by atoms with E-state index in [4.69, 9.17) is 16.3 Å². The number of benzene rings is 2. The smallest absolute Gasteiger partial charge is 0.306 e. The monoisotopic (exact) mass is 707 g/mol. The number of hydrogen-bond donors (Lipinski definition) is 2. The van der Waals surface area contributed by atoms with E-state index in [0.29, 0.717) is 49.9 Å². The molecule has 2 amide bonds. The second-order valence-electron chi connectivity index (χ2n) is 15.0. The van der Waals surface area contributed by atoms with Gasteiger partial charge in [0.1, 0.15) is 5.82 Å². The third-order valence-corrected chi connectivity index (χ3v) is 12.0. The van der Waals surface area contributed by atoms with Crippen molar-refractivity contribution in [3.8, 4) is 0 Å². The van der Waals surface area contributed by atoms with E-state index >= 15 is 4.39 Å². The summed E-state index contributed by atoms with van der Waals surface area (Å²) in [5, 5.41) is 13.1. The molecule has 2 aromatic carbocycles. The maximum Gasteiger partial charge on any atom is 0.306 e. The summed E-state index contributed by atoms with van der Waals surface area (Å²) in [5.74, 6) is -2.27. The predicted octanol–water partition coefficient (Wildman–Crippen LogP) is 5.57. The Labute approximate surface area is 297 Å². The van der Waals surface area contributed by atoms with Gasteiger partial charge in [-0.05, 0) is 75.6 Å². The average molecular weight is 708 g/mol. The zero-order chi connectivity index (χ0) is 35.2. The highest BCUT2D eigenvalue weighted by Gasteiger charge is 2.46. The SMILES string of the molecule is Cn1cc(C(=O)Nc2cc(F)c(CC(=O)N3C[C@@H](N4CCN(C5(C)CC5)CC4)C[C@H]3COC3CCC(C(=O)O)CC3)cc2Cl)c2ccccc21. The highest BCUT2D eigenvalue weighted by Crippen LogP contribution is 2.42. The molecule has 3 aromatic rings. The highest BCUT2D eigenvalue weighted by molar-refractivity contribution is 6.34. The molecule has 2 saturated carbocycles. The van der Waals surface area contributed by atoms with Gasteiger partial charge in [-0.15, -0.1) is 0 Å². The molecule has 2 aliphatic carbocycles. The van der Waals surface area contributed by atoms with E-state index in [2.05, 4.69) is 22.0 Å². The fourth-order valence-electron chi connectivity index (χ4n) is 8.26. The summed E-state index contributed by atoms with van der Waals surface area (Å²) in [6, 6.07) is 10.2. The van der Waals surface area contributed by atoms with Crippen LogP contribution in [0.1, 0.15) is 67.8 Å². The Hall–Kier alpha value is -3.51. The van der Waals surface area contributed by atoms with E-state index in [9.17, 15) is 19.5 Å². The molecule has 0 spiro atoms. The van der Waals surface area contributed by atoms with Gasteiger partial charge in [0.25, 0.3) is 5.91 Å². The number of piperazine rings is 1. The molecule has 12 heteroatoms. The minimum absolute atomic E-state index is 0.0303. The number of aliphatic carboxylic acids is 1. The molecular weight excluding hydrogens is 661 g/mol. The number of aromatic nitrogens is 1. The van der Waals surface area contributed by atoms with Crippen LogP contribution in [0.25, 0.3) is 10.9 Å². The topological polar surface area (TPSA) is 107 Å². The number of hydrogen-bond acceptors (Lipinski definition) is 6. The van der Waals surface area contributed by atoms with Gasteiger partial charge in [0.15, 0.2) is 0 Å². The van der Waals surface area contributed by atoms with Crippen molar-refractivity contribution in [1.29, 1.82) is 0 Å². The van der Waals surface area contributed by atoms with Gasteiger partial charge in [-0.3, -0.25) is 24.2 Å². The number of carboxylic acids is 1. The Kier molecular flexibility index (Phi) is 9.95. The third kappa shape index (κ3) is 7.28. The van der Waals surface area contributed by atoms with Crippen LogP contribution in [0.15, 0.2) is 42.6 Å². The molecule has 2 aliphatic heterocycles. The lowest BCUT2D eigenvalue weighted by Crippen LogP contribution is -2.54. The van der Waals surface area contributed by atoms with Crippen LogP contribution in [0.5, 0.6) is 0 Å². The number of aryl methyl sites for hydroxylation is 1. The van der Waals surface area contributed by atoms with Crippen molar-refractivity contribution >= 4 is 46.0 Å². The van der Waals surface area contributed by atoms with Gasteiger partial charge < -0.3 is 24.6 Å². The quantitative estimate of drug-likeness (QED) is 0.284. The zero-order valence-electron chi connectivity index (χ0n) is 28.9. The number of halogens is 2. The molecule has 1 aromatic heterocycles. The third-order valence-electron chi connectivity index (χ3n) is 11.7. The fourth-order valence-corrected chi connectivity index (χ4v) is 8.50. The van der Waals surface area contributed by atoms with Gasteiger partial charge in [-0.1, -0.05) is 29.8 Å². The standard InChI is InChI=1S/C38H47ClFN5O5/c1-38(11-12-38)44-15-13-43(14-16-44)26-19-27(23-50-28-9-7-24(8-10-28)37(48)49)45(21-26)35(46)18-25-17-31(39)33(20-32(25)40)41-36(47)30-22-42(2)34-6-4-3-5-29(30)34/h3-6,17,20,22,24,26-28H,7-16,18-19,21,23H2,1-2H3,(H,41,47)(H,48,49)/t24?,26-,27-,28?/m0/s1. The maximum atomic E-state index is 15.6. The van der Waals surface area contributed by atoms with Crippen LogP contribution in [0, 0.1) is 11.7 Å². The molecule has 2 saturated heterocycles. The number of carbonyl (C=O) groups is 3. The number of anilines is 1. The van der Waals surface area contributed by atoms with E-state index in [1.165, 1.54) is 25.0 Å². The van der Waals surface area contributed by atoms with Gasteiger partial charge in [-0.2, -0.15) is 0 Å². The summed E-state index contributed by atoms with van der Waals surface area (Å²) in [6.07, 6.45) is 7.39. The van der Waals surface area contributed by atoms with E-state index in [0.717, 1.165) is 43.5 Å².